The molecule has 0 saturated heterocycles. The molecule has 128 valence electrons. The van der Waals surface area contributed by atoms with Gasteiger partial charge in [0, 0.05) is 12.1 Å². The molecule has 0 saturated carbocycles. The Morgan fingerprint density at radius 2 is 1.92 bits per heavy atom. The summed E-state index contributed by atoms with van der Waals surface area (Å²) in [4.78, 5) is 26.9. The Labute approximate surface area is 150 Å². The van der Waals surface area contributed by atoms with E-state index in [9.17, 15) is 14.9 Å². The number of hydrogen-bond acceptors (Lipinski definition) is 4. The Bertz CT molecular complexity index is 959. The van der Waals surface area contributed by atoms with E-state index in [0.717, 1.165) is 5.69 Å². The van der Waals surface area contributed by atoms with Gasteiger partial charge in [-0.3, -0.25) is 14.5 Å². The molecule has 2 aromatic rings. The third-order valence-corrected chi connectivity index (χ3v) is 4.55. The number of carbonyl (C=O) groups is 2. The molecule has 0 aliphatic carbocycles. The number of hydrogen-bond donors (Lipinski definition) is 2. The lowest BCUT2D eigenvalue weighted by molar-refractivity contribution is -0.126. The van der Waals surface area contributed by atoms with Crippen LogP contribution in [0.4, 0.5) is 17.1 Å². The highest BCUT2D eigenvalue weighted by Crippen LogP contribution is 2.42. The lowest BCUT2D eigenvalue weighted by atomic mass is 9.91. The molecule has 4 rings (SSSR count). The quantitative estimate of drug-likeness (QED) is 0.895. The van der Waals surface area contributed by atoms with Crippen molar-refractivity contribution in [1.82, 2.24) is 0 Å². The van der Waals surface area contributed by atoms with Gasteiger partial charge in [0.15, 0.2) is 0 Å². The zero-order valence-corrected chi connectivity index (χ0v) is 13.9. The normalized spacial score (nSPS) is 17.9. The molecule has 26 heavy (non-hydrogen) atoms. The van der Waals surface area contributed by atoms with Crippen molar-refractivity contribution >= 4 is 28.9 Å². The molecular formula is C20H16N4O2. The summed E-state index contributed by atoms with van der Waals surface area (Å²) in [7, 11) is 0. The standard InChI is InChI=1S/C20H16N4O2/c21-12-14-10-13(11-18(25)22-15-6-2-1-3-7-15)20(26)24-17-9-5-4-8-16(17)23-19(14)24/h1-9,13,23H,10-11H2,(H,22,25). The van der Waals surface area contributed by atoms with E-state index < -0.39 is 5.92 Å². The predicted octanol–water partition coefficient (Wildman–Crippen LogP) is 3.23. The number of fused-ring (bicyclic) bond motifs is 3. The maximum atomic E-state index is 13.0. The van der Waals surface area contributed by atoms with E-state index in [4.69, 9.17) is 0 Å². The van der Waals surface area contributed by atoms with Crippen molar-refractivity contribution in [3.05, 3.63) is 66.0 Å². The highest BCUT2D eigenvalue weighted by Gasteiger charge is 2.40. The second-order valence-electron chi connectivity index (χ2n) is 6.27. The number of para-hydroxylation sites is 3. The average Bonchev–Trinajstić information content (AvgIpc) is 3.05. The fraction of sp³-hybridized carbons (Fsp3) is 0.150. The largest absolute Gasteiger partial charge is 0.339 e. The molecule has 2 aliphatic heterocycles. The summed E-state index contributed by atoms with van der Waals surface area (Å²) in [5.74, 6) is -0.459. The monoisotopic (exact) mass is 344 g/mol. The summed E-state index contributed by atoms with van der Waals surface area (Å²) < 4.78 is 0. The van der Waals surface area contributed by atoms with Gasteiger partial charge in [-0.1, -0.05) is 30.3 Å². The zero-order valence-electron chi connectivity index (χ0n) is 13.9. The van der Waals surface area contributed by atoms with Gasteiger partial charge < -0.3 is 10.6 Å². The molecular weight excluding hydrogens is 328 g/mol. The van der Waals surface area contributed by atoms with Crippen LogP contribution in [0.25, 0.3) is 0 Å². The van der Waals surface area contributed by atoms with Crippen LogP contribution >= 0.6 is 0 Å². The van der Waals surface area contributed by atoms with Gasteiger partial charge in [-0.05, 0) is 30.7 Å². The van der Waals surface area contributed by atoms with Crippen LogP contribution in [0.2, 0.25) is 0 Å². The van der Waals surface area contributed by atoms with Crippen molar-refractivity contribution in [1.29, 1.82) is 5.26 Å². The van der Waals surface area contributed by atoms with Crippen LogP contribution < -0.4 is 15.5 Å². The molecule has 1 atom stereocenters. The van der Waals surface area contributed by atoms with Crippen LogP contribution in [0.3, 0.4) is 0 Å². The molecule has 2 aromatic carbocycles. The van der Waals surface area contributed by atoms with E-state index in [1.165, 1.54) is 4.90 Å². The van der Waals surface area contributed by atoms with Gasteiger partial charge in [0.2, 0.25) is 11.8 Å². The Morgan fingerprint density at radius 1 is 1.19 bits per heavy atom. The van der Waals surface area contributed by atoms with Crippen molar-refractivity contribution in [2.45, 2.75) is 12.8 Å². The molecule has 1 unspecified atom stereocenters. The van der Waals surface area contributed by atoms with E-state index in [0.29, 0.717) is 22.8 Å². The Morgan fingerprint density at radius 3 is 2.69 bits per heavy atom. The first-order valence-corrected chi connectivity index (χ1v) is 8.35. The molecule has 0 spiro atoms. The molecule has 2 N–H and O–H groups in total. The third-order valence-electron chi connectivity index (χ3n) is 4.55. The van der Waals surface area contributed by atoms with Crippen molar-refractivity contribution in [2.24, 2.45) is 5.92 Å². The van der Waals surface area contributed by atoms with Gasteiger partial charge in [-0.15, -0.1) is 0 Å². The number of anilines is 3. The van der Waals surface area contributed by atoms with Gasteiger partial charge in [0.1, 0.15) is 5.82 Å². The fourth-order valence-corrected chi connectivity index (χ4v) is 3.35. The van der Waals surface area contributed by atoms with Crippen LogP contribution in [0.1, 0.15) is 12.8 Å². The first kappa shape index (κ1) is 15.9. The zero-order chi connectivity index (χ0) is 18.1. The highest BCUT2D eigenvalue weighted by atomic mass is 16.2. The highest BCUT2D eigenvalue weighted by molar-refractivity contribution is 6.08. The molecule has 0 radical (unpaired) electrons. The molecule has 2 heterocycles. The van der Waals surface area contributed by atoms with Crippen LogP contribution in [-0.2, 0) is 9.59 Å². The number of nitriles is 1. The average molecular weight is 344 g/mol. The van der Waals surface area contributed by atoms with Gasteiger partial charge in [0.05, 0.1) is 28.9 Å². The summed E-state index contributed by atoms with van der Waals surface area (Å²) in [5, 5.41) is 15.4. The maximum Gasteiger partial charge on any atom is 0.236 e. The van der Waals surface area contributed by atoms with E-state index in [-0.39, 0.29) is 24.7 Å². The second kappa shape index (κ2) is 6.37. The van der Waals surface area contributed by atoms with Gasteiger partial charge in [-0.2, -0.15) is 5.26 Å². The molecule has 6 nitrogen and oxygen atoms in total. The first-order valence-electron chi connectivity index (χ1n) is 8.35. The minimum atomic E-state index is -0.565. The SMILES string of the molecule is N#CC1=C2Nc3ccccc3N2C(=O)C(CC(=O)Nc2ccccc2)C1. The topological polar surface area (TPSA) is 85.2 Å². The summed E-state index contributed by atoms with van der Waals surface area (Å²) in [6.45, 7) is 0. The first-order chi connectivity index (χ1) is 12.7. The lowest BCUT2D eigenvalue weighted by Gasteiger charge is -2.29. The number of nitrogens with zero attached hydrogens (tertiary/aromatic N) is 2. The Balaban J connectivity index is 1.58. The van der Waals surface area contributed by atoms with Crippen LogP contribution in [-0.4, -0.2) is 11.8 Å². The maximum absolute atomic E-state index is 13.0. The summed E-state index contributed by atoms with van der Waals surface area (Å²) >= 11 is 0. The number of benzene rings is 2. The molecule has 0 aromatic heterocycles. The second-order valence-corrected chi connectivity index (χ2v) is 6.27. The number of carbonyl (C=O) groups excluding carboxylic acids is 2. The van der Waals surface area contributed by atoms with Gasteiger partial charge >= 0.3 is 0 Å². The van der Waals surface area contributed by atoms with Crippen molar-refractivity contribution in [3.8, 4) is 6.07 Å². The third kappa shape index (κ3) is 2.70. The van der Waals surface area contributed by atoms with E-state index in [1.54, 1.807) is 12.1 Å². The van der Waals surface area contributed by atoms with Crippen LogP contribution in [0.15, 0.2) is 66.0 Å². The molecule has 2 amide bonds. The number of amides is 2. The van der Waals surface area contributed by atoms with Crippen LogP contribution in [0.5, 0.6) is 0 Å². The van der Waals surface area contributed by atoms with Crippen LogP contribution in [0, 0.1) is 17.2 Å². The van der Waals surface area contributed by atoms with E-state index in [1.807, 2.05) is 42.5 Å². The molecule has 6 heteroatoms. The summed E-state index contributed by atoms with van der Waals surface area (Å²) in [6, 6.07) is 18.7. The van der Waals surface area contributed by atoms with Crippen molar-refractivity contribution in [2.75, 3.05) is 15.5 Å². The molecule has 0 bridgehead atoms. The number of rotatable bonds is 3. The van der Waals surface area contributed by atoms with E-state index >= 15 is 0 Å². The van der Waals surface area contributed by atoms with Crippen molar-refractivity contribution < 1.29 is 9.59 Å². The van der Waals surface area contributed by atoms with Gasteiger partial charge in [-0.25, -0.2) is 0 Å². The van der Waals surface area contributed by atoms with E-state index in [2.05, 4.69) is 16.7 Å². The molecule has 0 fully saturated rings. The number of allylic oxidation sites excluding steroid dienone is 1. The minimum Gasteiger partial charge on any atom is -0.339 e. The molecule has 2 aliphatic rings. The smallest absolute Gasteiger partial charge is 0.236 e. The Hall–Kier alpha value is -3.59. The fourth-order valence-electron chi connectivity index (χ4n) is 3.35. The minimum absolute atomic E-state index is 0.0326. The number of nitrogens with one attached hydrogen (secondary N) is 2. The van der Waals surface area contributed by atoms with Gasteiger partial charge in [0.25, 0.3) is 0 Å². The van der Waals surface area contributed by atoms with Crippen molar-refractivity contribution in [3.63, 3.8) is 0 Å². The predicted molar refractivity (Wildman–Crippen MR) is 98.0 cm³/mol. The lowest BCUT2D eigenvalue weighted by Crippen LogP contribution is -2.40. The summed E-state index contributed by atoms with van der Waals surface area (Å²) in [6.07, 6.45) is 0.287. The Kier molecular flexibility index (Phi) is 3.90. The summed E-state index contributed by atoms with van der Waals surface area (Å²) in [5.41, 5.74) is 2.68.